The van der Waals surface area contributed by atoms with Gasteiger partial charge in [0.1, 0.15) is 11.6 Å². The Balaban J connectivity index is 1.70. The zero-order valence-corrected chi connectivity index (χ0v) is 15.1. The number of rotatable bonds is 5. The third-order valence-corrected chi connectivity index (χ3v) is 4.90. The Hall–Kier alpha value is -2.38. The molecule has 2 N–H and O–H groups in total. The molecule has 26 heavy (non-hydrogen) atoms. The third kappa shape index (κ3) is 3.59. The van der Waals surface area contributed by atoms with Crippen LogP contribution in [0.25, 0.3) is 22.5 Å². The quantitative estimate of drug-likeness (QED) is 0.659. The highest BCUT2D eigenvalue weighted by atomic mass is 32.2. The highest BCUT2D eigenvalue weighted by molar-refractivity contribution is 7.98. The molecule has 0 amide bonds. The Labute approximate surface area is 155 Å². The summed E-state index contributed by atoms with van der Waals surface area (Å²) in [5.41, 5.74) is 3.55. The van der Waals surface area contributed by atoms with Gasteiger partial charge in [0.25, 0.3) is 0 Å². The Kier molecular flexibility index (Phi) is 4.90. The molecule has 2 aromatic heterocycles. The Morgan fingerprint density at radius 1 is 1.23 bits per heavy atom. The van der Waals surface area contributed by atoms with Gasteiger partial charge in [0.05, 0.1) is 24.0 Å². The van der Waals surface area contributed by atoms with E-state index in [9.17, 15) is 4.39 Å². The zero-order valence-electron chi connectivity index (χ0n) is 14.3. The van der Waals surface area contributed by atoms with Crippen molar-refractivity contribution in [3.05, 3.63) is 48.4 Å². The Morgan fingerprint density at radius 3 is 2.81 bits per heavy atom. The number of imidazole rings is 1. The second-order valence-electron chi connectivity index (χ2n) is 6.11. The lowest BCUT2D eigenvalue weighted by Crippen LogP contribution is -2.19. The summed E-state index contributed by atoms with van der Waals surface area (Å²) in [7, 11) is 0. The molecule has 1 aliphatic rings. The molecular weight excluding hydrogens is 351 g/mol. The summed E-state index contributed by atoms with van der Waals surface area (Å²) in [6.45, 7) is 1.48. The number of nitrogens with one attached hydrogen (secondary N) is 2. The van der Waals surface area contributed by atoms with E-state index >= 15 is 0 Å². The van der Waals surface area contributed by atoms with Crippen molar-refractivity contribution < 1.29 is 9.13 Å². The summed E-state index contributed by atoms with van der Waals surface area (Å²) in [5.74, 6) is 0.547. The SMILES string of the molecule is CSc1nc(-c2ccnc(NC3CCOC3)c2)c(-c2ccc(F)cc2)[nH]1. The summed E-state index contributed by atoms with van der Waals surface area (Å²) in [5, 5.41) is 4.22. The number of thioether (sulfide) groups is 1. The summed E-state index contributed by atoms with van der Waals surface area (Å²) in [4.78, 5) is 12.4. The molecule has 0 radical (unpaired) electrons. The van der Waals surface area contributed by atoms with E-state index in [4.69, 9.17) is 9.72 Å². The van der Waals surface area contributed by atoms with Gasteiger partial charge in [-0.2, -0.15) is 0 Å². The molecule has 134 valence electrons. The van der Waals surface area contributed by atoms with Crippen LogP contribution in [0.2, 0.25) is 0 Å². The number of ether oxygens (including phenoxy) is 1. The maximum absolute atomic E-state index is 13.3. The van der Waals surface area contributed by atoms with Gasteiger partial charge in [0, 0.05) is 23.9 Å². The molecule has 1 fully saturated rings. The molecule has 4 rings (SSSR count). The summed E-state index contributed by atoms with van der Waals surface area (Å²) < 4.78 is 18.7. The average molecular weight is 370 g/mol. The second-order valence-corrected chi connectivity index (χ2v) is 6.91. The van der Waals surface area contributed by atoms with Crippen LogP contribution in [0.3, 0.4) is 0 Å². The molecule has 3 aromatic rings. The van der Waals surface area contributed by atoms with Gasteiger partial charge in [0.15, 0.2) is 5.16 Å². The number of aromatic amines is 1. The van der Waals surface area contributed by atoms with Crippen molar-refractivity contribution in [3.63, 3.8) is 0 Å². The molecule has 1 unspecified atom stereocenters. The molecule has 3 heterocycles. The number of H-pyrrole nitrogens is 1. The number of benzene rings is 1. The molecular formula is C19H19FN4OS. The molecule has 1 aromatic carbocycles. The van der Waals surface area contributed by atoms with E-state index in [1.807, 2.05) is 18.4 Å². The zero-order chi connectivity index (χ0) is 17.9. The number of hydrogen-bond acceptors (Lipinski definition) is 5. The van der Waals surface area contributed by atoms with Crippen LogP contribution in [-0.4, -0.2) is 40.5 Å². The third-order valence-electron chi connectivity index (χ3n) is 4.32. The number of halogens is 1. The second kappa shape index (κ2) is 7.47. The predicted molar refractivity (Wildman–Crippen MR) is 102 cm³/mol. The Bertz CT molecular complexity index is 891. The minimum atomic E-state index is -0.255. The fourth-order valence-electron chi connectivity index (χ4n) is 3.00. The first-order valence-electron chi connectivity index (χ1n) is 8.43. The van der Waals surface area contributed by atoms with E-state index in [-0.39, 0.29) is 11.9 Å². The van der Waals surface area contributed by atoms with Crippen LogP contribution in [0.4, 0.5) is 10.2 Å². The summed E-state index contributed by atoms with van der Waals surface area (Å²) >= 11 is 1.54. The van der Waals surface area contributed by atoms with Crippen molar-refractivity contribution in [2.75, 3.05) is 24.8 Å². The molecule has 1 saturated heterocycles. The first-order chi connectivity index (χ1) is 12.7. The smallest absolute Gasteiger partial charge is 0.166 e. The number of pyridine rings is 1. The summed E-state index contributed by atoms with van der Waals surface area (Å²) in [6, 6.07) is 10.6. The topological polar surface area (TPSA) is 62.8 Å². The molecule has 0 spiro atoms. The molecule has 1 atom stereocenters. The van der Waals surface area contributed by atoms with Crippen LogP contribution >= 0.6 is 11.8 Å². The first kappa shape index (κ1) is 17.1. The highest BCUT2D eigenvalue weighted by Gasteiger charge is 2.18. The predicted octanol–water partition coefficient (Wildman–Crippen LogP) is 4.20. The number of hydrogen-bond donors (Lipinski definition) is 2. The van der Waals surface area contributed by atoms with Crippen molar-refractivity contribution >= 4 is 17.6 Å². The van der Waals surface area contributed by atoms with Crippen LogP contribution in [-0.2, 0) is 4.74 Å². The summed E-state index contributed by atoms with van der Waals surface area (Å²) in [6.07, 6.45) is 4.72. The van der Waals surface area contributed by atoms with E-state index in [1.165, 1.54) is 23.9 Å². The van der Waals surface area contributed by atoms with Crippen molar-refractivity contribution in [2.24, 2.45) is 0 Å². The number of aromatic nitrogens is 3. The molecule has 0 bridgehead atoms. The van der Waals surface area contributed by atoms with Crippen LogP contribution in [0, 0.1) is 5.82 Å². The van der Waals surface area contributed by atoms with Gasteiger partial charge < -0.3 is 15.0 Å². The van der Waals surface area contributed by atoms with E-state index < -0.39 is 0 Å². The minimum Gasteiger partial charge on any atom is -0.379 e. The molecule has 0 saturated carbocycles. The maximum atomic E-state index is 13.3. The highest BCUT2D eigenvalue weighted by Crippen LogP contribution is 2.33. The number of anilines is 1. The molecule has 5 nitrogen and oxygen atoms in total. The van der Waals surface area contributed by atoms with Crippen molar-refractivity contribution in [1.29, 1.82) is 0 Å². The van der Waals surface area contributed by atoms with Crippen molar-refractivity contribution in [3.8, 4) is 22.5 Å². The van der Waals surface area contributed by atoms with Crippen LogP contribution in [0.5, 0.6) is 0 Å². The minimum absolute atomic E-state index is 0.255. The molecule has 0 aliphatic carbocycles. The van der Waals surface area contributed by atoms with Crippen molar-refractivity contribution in [1.82, 2.24) is 15.0 Å². The van der Waals surface area contributed by atoms with Gasteiger partial charge in [-0.25, -0.2) is 14.4 Å². The van der Waals surface area contributed by atoms with Gasteiger partial charge in [-0.1, -0.05) is 11.8 Å². The maximum Gasteiger partial charge on any atom is 0.166 e. The van der Waals surface area contributed by atoms with E-state index in [0.29, 0.717) is 6.61 Å². The van der Waals surface area contributed by atoms with Gasteiger partial charge >= 0.3 is 0 Å². The lowest BCUT2D eigenvalue weighted by atomic mass is 10.1. The normalized spacial score (nSPS) is 16.8. The van der Waals surface area contributed by atoms with Crippen molar-refractivity contribution in [2.45, 2.75) is 17.6 Å². The van der Waals surface area contributed by atoms with Gasteiger partial charge in [-0.3, -0.25) is 0 Å². The van der Waals surface area contributed by atoms with Gasteiger partial charge in [0.2, 0.25) is 0 Å². The largest absolute Gasteiger partial charge is 0.379 e. The lowest BCUT2D eigenvalue weighted by Gasteiger charge is -2.12. The molecule has 7 heteroatoms. The van der Waals surface area contributed by atoms with Gasteiger partial charge in [-0.05, 0) is 49.1 Å². The fourth-order valence-corrected chi connectivity index (χ4v) is 3.38. The van der Waals surface area contributed by atoms with Crippen LogP contribution < -0.4 is 5.32 Å². The lowest BCUT2D eigenvalue weighted by molar-refractivity contribution is 0.195. The van der Waals surface area contributed by atoms with E-state index in [0.717, 1.165) is 46.5 Å². The van der Waals surface area contributed by atoms with Gasteiger partial charge in [-0.15, -0.1) is 0 Å². The fraction of sp³-hybridized carbons (Fsp3) is 0.263. The van der Waals surface area contributed by atoms with Crippen LogP contribution in [0.1, 0.15) is 6.42 Å². The standard InChI is InChI=1S/C19H19FN4OS/c1-26-19-23-17(12-2-4-14(20)5-3-12)18(24-19)13-6-8-21-16(10-13)22-15-7-9-25-11-15/h2-6,8,10,15H,7,9,11H2,1H3,(H,21,22)(H,23,24). The monoisotopic (exact) mass is 370 g/mol. The molecule has 1 aliphatic heterocycles. The average Bonchev–Trinajstić information content (AvgIpc) is 3.32. The van der Waals surface area contributed by atoms with E-state index in [1.54, 1.807) is 18.3 Å². The first-order valence-corrected chi connectivity index (χ1v) is 9.66. The van der Waals surface area contributed by atoms with Crippen LogP contribution in [0.15, 0.2) is 47.8 Å². The van der Waals surface area contributed by atoms with E-state index in [2.05, 4.69) is 15.3 Å². The Morgan fingerprint density at radius 2 is 2.08 bits per heavy atom. The number of nitrogens with zero attached hydrogens (tertiary/aromatic N) is 2.